The molecular weight excluding hydrogens is 208 g/mol. The first-order valence-electron chi connectivity index (χ1n) is 6.70. The minimum Gasteiger partial charge on any atom is -0.319 e. The highest BCUT2D eigenvalue weighted by molar-refractivity contribution is 5.31. The molecule has 1 aliphatic heterocycles. The molecule has 0 aromatic heterocycles. The van der Waals surface area contributed by atoms with E-state index in [0.717, 1.165) is 18.9 Å². The highest BCUT2D eigenvalue weighted by Crippen LogP contribution is 2.37. The molecule has 1 fully saturated rings. The van der Waals surface area contributed by atoms with Gasteiger partial charge in [-0.25, -0.2) is 0 Å². The van der Waals surface area contributed by atoms with Crippen molar-refractivity contribution in [2.45, 2.75) is 25.8 Å². The van der Waals surface area contributed by atoms with E-state index in [0.29, 0.717) is 6.04 Å². The molecule has 1 N–H and O–H groups in total. The maximum atomic E-state index is 3.34. The minimum absolute atomic E-state index is 0.596. The van der Waals surface area contributed by atoms with Gasteiger partial charge in [-0.2, -0.15) is 0 Å². The Hall–Kier alpha value is -0.860. The molecule has 1 aromatic rings. The third-order valence-electron chi connectivity index (χ3n) is 3.99. The van der Waals surface area contributed by atoms with Crippen LogP contribution in [0, 0.1) is 5.92 Å². The standard InChI is InChI=1S/C15H24N2/c1-4-12-7-5-6-8-14(12)15-13(11-16-2)9-10-17(15)3/h5-8,13,15-16H,4,9-11H2,1-3H3. The van der Waals surface area contributed by atoms with Crippen molar-refractivity contribution in [3.63, 3.8) is 0 Å². The van der Waals surface area contributed by atoms with E-state index in [2.05, 4.69) is 55.5 Å². The zero-order valence-electron chi connectivity index (χ0n) is 11.2. The van der Waals surface area contributed by atoms with Crippen molar-refractivity contribution < 1.29 is 0 Å². The van der Waals surface area contributed by atoms with Gasteiger partial charge in [-0.1, -0.05) is 31.2 Å². The fourth-order valence-electron chi connectivity index (χ4n) is 3.14. The van der Waals surface area contributed by atoms with Gasteiger partial charge in [0.2, 0.25) is 0 Å². The quantitative estimate of drug-likeness (QED) is 0.858. The number of nitrogens with zero attached hydrogens (tertiary/aromatic N) is 1. The van der Waals surface area contributed by atoms with Crippen LogP contribution in [0.1, 0.15) is 30.5 Å². The molecule has 1 aromatic carbocycles. The summed E-state index contributed by atoms with van der Waals surface area (Å²) in [6.07, 6.45) is 2.44. The molecule has 0 saturated carbocycles. The van der Waals surface area contributed by atoms with Gasteiger partial charge in [-0.05, 0) is 57.1 Å². The van der Waals surface area contributed by atoms with Crippen molar-refractivity contribution in [2.24, 2.45) is 5.92 Å². The van der Waals surface area contributed by atoms with Crippen LogP contribution < -0.4 is 5.32 Å². The van der Waals surface area contributed by atoms with Gasteiger partial charge in [-0.15, -0.1) is 0 Å². The summed E-state index contributed by atoms with van der Waals surface area (Å²) in [6.45, 7) is 4.59. The third-order valence-corrected chi connectivity index (χ3v) is 3.99. The second kappa shape index (κ2) is 5.65. The maximum Gasteiger partial charge on any atom is 0.0388 e. The van der Waals surface area contributed by atoms with Crippen LogP contribution in [0.2, 0.25) is 0 Å². The van der Waals surface area contributed by atoms with E-state index in [-0.39, 0.29) is 0 Å². The van der Waals surface area contributed by atoms with Crippen LogP contribution in [0.15, 0.2) is 24.3 Å². The third kappa shape index (κ3) is 2.53. The zero-order valence-corrected chi connectivity index (χ0v) is 11.2. The molecule has 0 spiro atoms. The van der Waals surface area contributed by atoms with Crippen LogP contribution in [0.25, 0.3) is 0 Å². The average molecular weight is 232 g/mol. The first kappa shape index (κ1) is 12.6. The molecule has 1 heterocycles. The Balaban J connectivity index is 2.29. The Bertz CT molecular complexity index is 360. The van der Waals surface area contributed by atoms with Crippen molar-refractivity contribution in [3.8, 4) is 0 Å². The topological polar surface area (TPSA) is 15.3 Å². The Morgan fingerprint density at radius 3 is 2.82 bits per heavy atom. The second-order valence-corrected chi connectivity index (χ2v) is 5.08. The lowest BCUT2D eigenvalue weighted by atomic mass is 9.90. The van der Waals surface area contributed by atoms with E-state index < -0.39 is 0 Å². The summed E-state index contributed by atoms with van der Waals surface area (Å²) in [4.78, 5) is 2.51. The van der Waals surface area contributed by atoms with Gasteiger partial charge in [-0.3, -0.25) is 4.90 Å². The number of nitrogens with one attached hydrogen (secondary N) is 1. The van der Waals surface area contributed by atoms with E-state index >= 15 is 0 Å². The largest absolute Gasteiger partial charge is 0.319 e. The summed E-state index contributed by atoms with van der Waals surface area (Å²) in [5, 5.41) is 3.34. The summed E-state index contributed by atoms with van der Waals surface area (Å²) in [7, 11) is 4.31. The highest BCUT2D eigenvalue weighted by atomic mass is 15.2. The van der Waals surface area contributed by atoms with Crippen molar-refractivity contribution >= 4 is 0 Å². The molecule has 2 unspecified atom stereocenters. The van der Waals surface area contributed by atoms with Crippen LogP contribution in [-0.2, 0) is 6.42 Å². The van der Waals surface area contributed by atoms with E-state index in [1.54, 1.807) is 0 Å². The van der Waals surface area contributed by atoms with Crippen molar-refractivity contribution in [1.29, 1.82) is 0 Å². The number of hydrogen-bond acceptors (Lipinski definition) is 2. The highest BCUT2D eigenvalue weighted by Gasteiger charge is 2.33. The van der Waals surface area contributed by atoms with Crippen molar-refractivity contribution in [3.05, 3.63) is 35.4 Å². The van der Waals surface area contributed by atoms with Crippen LogP contribution in [0.4, 0.5) is 0 Å². The molecule has 0 amide bonds. The summed E-state index contributed by atoms with van der Waals surface area (Å²) in [5.74, 6) is 0.748. The van der Waals surface area contributed by atoms with Crippen molar-refractivity contribution in [1.82, 2.24) is 10.2 Å². The smallest absolute Gasteiger partial charge is 0.0388 e. The Morgan fingerprint density at radius 2 is 2.12 bits per heavy atom. The SMILES string of the molecule is CCc1ccccc1C1C(CNC)CCN1C. The van der Waals surface area contributed by atoms with Gasteiger partial charge >= 0.3 is 0 Å². The maximum absolute atomic E-state index is 3.34. The molecule has 17 heavy (non-hydrogen) atoms. The molecule has 2 nitrogen and oxygen atoms in total. The molecular formula is C15H24N2. The number of aryl methyl sites for hydroxylation is 1. The minimum atomic E-state index is 0.596. The summed E-state index contributed by atoms with van der Waals surface area (Å²) in [6, 6.07) is 9.52. The lowest BCUT2D eigenvalue weighted by Gasteiger charge is -2.27. The van der Waals surface area contributed by atoms with Crippen LogP contribution in [-0.4, -0.2) is 32.1 Å². The fourth-order valence-corrected chi connectivity index (χ4v) is 3.14. The molecule has 2 atom stereocenters. The lowest BCUT2D eigenvalue weighted by molar-refractivity contribution is 0.273. The Morgan fingerprint density at radius 1 is 1.35 bits per heavy atom. The number of benzene rings is 1. The van der Waals surface area contributed by atoms with Gasteiger partial charge in [0.05, 0.1) is 0 Å². The van der Waals surface area contributed by atoms with E-state index in [4.69, 9.17) is 0 Å². The Kier molecular flexibility index (Phi) is 4.19. The van der Waals surface area contributed by atoms with E-state index in [9.17, 15) is 0 Å². The van der Waals surface area contributed by atoms with Gasteiger partial charge in [0, 0.05) is 6.04 Å². The fraction of sp³-hybridized carbons (Fsp3) is 0.600. The van der Waals surface area contributed by atoms with Gasteiger partial charge in [0.1, 0.15) is 0 Å². The lowest BCUT2D eigenvalue weighted by Crippen LogP contribution is -2.27. The van der Waals surface area contributed by atoms with Gasteiger partial charge in [0.15, 0.2) is 0 Å². The molecule has 2 rings (SSSR count). The van der Waals surface area contributed by atoms with Crippen LogP contribution in [0.3, 0.4) is 0 Å². The van der Waals surface area contributed by atoms with Gasteiger partial charge < -0.3 is 5.32 Å². The number of rotatable bonds is 4. The number of hydrogen-bond donors (Lipinski definition) is 1. The van der Waals surface area contributed by atoms with Crippen molar-refractivity contribution in [2.75, 3.05) is 27.2 Å². The van der Waals surface area contributed by atoms with E-state index in [1.165, 1.54) is 24.1 Å². The summed E-state index contributed by atoms with van der Waals surface area (Å²) < 4.78 is 0. The van der Waals surface area contributed by atoms with Gasteiger partial charge in [0.25, 0.3) is 0 Å². The first-order chi connectivity index (χ1) is 8.27. The summed E-state index contributed by atoms with van der Waals surface area (Å²) >= 11 is 0. The molecule has 1 aliphatic rings. The first-order valence-corrected chi connectivity index (χ1v) is 6.70. The Labute approximate surface area is 105 Å². The van der Waals surface area contributed by atoms with Crippen LogP contribution in [0.5, 0.6) is 0 Å². The van der Waals surface area contributed by atoms with Crippen LogP contribution >= 0.6 is 0 Å². The molecule has 94 valence electrons. The summed E-state index contributed by atoms with van der Waals surface area (Å²) in [5.41, 5.74) is 3.04. The predicted molar refractivity (Wildman–Crippen MR) is 73.2 cm³/mol. The molecule has 1 saturated heterocycles. The van der Waals surface area contributed by atoms with E-state index in [1.807, 2.05) is 0 Å². The predicted octanol–water partition coefficient (Wildman–Crippen LogP) is 2.46. The molecule has 2 heteroatoms. The second-order valence-electron chi connectivity index (χ2n) is 5.08. The normalized spacial score (nSPS) is 25.4. The molecule has 0 bridgehead atoms. The average Bonchev–Trinajstić information content (AvgIpc) is 2.71. The zero-order chi connectivity index (χ0) is 12.3. The number of likely N-dealkylation sites (tertiary alicyclic amines) is 1. The monoisotopic (exact) mass is 232 g/mol. The molecule has 0 radical (unpaired) electrons. The molecule has 0 aliphatic carbocycles.